The first kappa shape index (κ1) is 18.0. The fraction of sp³-hybridized carbons (Fsp3) is 0.429. The summed E-state index contributed by atoms with van der Waals surface area (Å²) in [4.78, 5) is 0. The van der Waals surface area contributed by atoms with Crippen molar-refractivity contribution in [3.8, 4) is 5.75 Å². The van der Waals surface area contributed by atoms with E-state index in [4.69, 9.17) is 14.0 Å². The van der Waals surface area contributed by atoms with Crippen molar-refractivity contribution in [3.05, 3.63) is 59.2 Å². The van der Waals surface area contributed by atoms with E-state index in [0.29, 0.717) is 6.61 Å². The molecule has 0 spiro atoms. The van der Waals surface area contributed by atoms with Gasteiger partial charge in [-0.05, 0) is 69.8 Å². The summed E-state index contributed by atoms with van der Waals surface area (Å²) in [7, 11) is -0.341. The van der Waals surface area contributed by atoms with Crippen LogP contribution < -0.4 is 10.2 Å². The number of benzene rings is 2. The summed E-state index contributed by atoms with van der Waals surface area (Å²) in [6.45, 7) is 13.1. The van der Waals surface area contributed by atoms with Crippen LogP contribution in [0.4, 0.5) is 0 Å². The van der Waals surface area contributed by atoms with E-state index < -0.39 is 0 Å². The average molecular weight is 338 g/mol. The minimum atomic E-state index is -0.341. The molecule has 1 aliphatic heterocycles. The lowest BCUT2D eigenvalue weighted by Crippen LogP contribution is -2.41. The molecule has 132 valence electrons. The van der Waals surface area contributed by atoms with Gasteiger partial charge in [-0.25, -0.2) is 0 Å². The van der Waals surface area contributed by atoms with E-state index in [2.05, 4.69) is 59.7 Å². The Bertz CT molecular complexity index is 737. The fourth-order valence-electron chi connectivity index (χ4n) is 2.93. The molecule has 2 aromatic carbocycles. The third-order valence-corrected chi connectivity index (χ3v) is 5.52. The van der Waals surface area contributed by atoms with Gasteiger partial charge in [0.1, 0.15) is 12.4 Å². The van der Waals surface area contributed by atoms with Gasteiger partial charge in [0.15, 0.2) is 0 Å². The van der Waals surface area contributed by atoms with Gasteiger partial charge in [0, 0.05) is 0 Å². The Hall–Kier alpha value is -1.78. The molecule has 0 unspecified atom stereocenters. The largest absolute Gasteiger partial charge is 0.495 e. The van der Waals surface area contributed by atoms with E-state index in [1.807, 2.05) is 24.3 Å². The standard InChI is InChI=1S/C21H27BO3/c1-15-16(2)19(23-14-17-10-8-7-9-11-17)13-12-18(15)22-24-20(3,4)21(5,6)25-22/h7-13H,14H2,1-6H3. The first-order valence-corrected chi connectivity index (χ1v) is 8.84. The highest BCUT2D eigenvalue weighted by Gasteiger charge is 2.52. The Balaban J connectivity index is 1.79. The molecule has 3 rings (SSSR count). The van der Waals surface area contributed by atoms with Gasteiger partial charge >= 0.3 is 7.12 Å². The number of hydrogen-bond acceptors (Lipinski definition) is 3. The van der Waals surface area contributed by atoms with Crippen LogP contribution >= 0.6 is 0 Å². The highest BCUT2D eigenvalue weighted by molar-refractivity contribution is 6.62. The molecule has 1 saturated heterocycles. The van der Waals surface area contributed by atoms with Gasteiger partial charge in [0.05, 0.1) is 11.2 Å². The molecule has 1 aliphatic rings. The summed E-state index contributed by atoms with van der Waals surface area (Å²) in [5.41, 5.74) is 3.85. The van der Waals surface area contributed by atoms with Gasteiger partial charge in [-0.15, -0.1) is 0 Å². The van der Waals surface area contributed by atoms with Crippen LogP contribution in [-0.4, -0.2) is 18.3 Å². The minimum absolute atomic E-state index is 0.333. The van der Waals surface area contributed by atoms with Crippen LogP contribution in [0, 0.1) is 13.8 Å². The Morgan fingerprint density at radius 3 is 2.04 bits per heavy atom. The lowest BCUT2D eigenvalue weighted by atomic mass is 9.75. The van der Waals surface area contributed by atoms with Crippen molar-refractivity contribution in [1.82, 2.24) is 0 Å². The van der Waals surface area contributed by atoms with Crippen LogP contribution in [-0.2, 0) is 15.9 Å². The highest BCUT2D eigenvalue weighted by Crippen LogP contribution is 2.37. The summed E-state index contributed by atoms with van der Waals surface area (Å²) in [6.07, 6.45) is 0. The van der Waals surface area contributed by atoms with Crippen LogP contribution in [0.3, 0.4) is 0 Å². The van der Waals surface area contributed by atoms with Crippen molar-refractivity contribution < 1.29 is 14.0 Å². The average Bonchev–Trinajstić information content (AvgIpc) is 2.77. The molecule has 1 heterocycles. The van der Waals surface area contributed by atoms with E-state index in [9.17, 15) is 0 Å². The Morgan fingerprint density at radius 1 is 0.840 bits per heavy atom. The summed E-state index contributed by atoms with van der Waals surface area (Å²) in [6, 6.07) is 14.3. The van der Waals surface area contributed by atoms with E-state index >= 15 is 0 Å². The van der Waals surface area contributed by atoms with Gasteiger partial charge in [0.2, 0.25) is 0 Å². The molecule has 1 fully saturated rings. The van der Waals surface area contributed by atoms with E-state index in [1.54, 1.807) is 0 Å². The second-order valence-corrected chi connectivity index (χ2v) is 7.77. The van der Waals surface area contributed by atoms with Crippen molar-refractivity contribution in [2.45, 2.75) is 59.4 Å². The molecule has 2 aromatic rings. The molecular formula is C21H27BO3. The molecular weight excluding hydrogens is 311 g/mol. The van der Waals surface area contributed by atoms with Crippen molar-refractivity contribution in [2.75, 3.05) is 0 Å². The lowest BCUT2D eigenvalue weighted by molar-refractivity contribution is 0.00578. The lowest BCUT2D eigenvalue weighted by Gasteiger charge is -2.32. The first-order valence-electron chi connectivity index (χ1n) is 8.84. The normalized spacial score (nSPS) is 18.4. The molecule has 4 heteroatoms. The van der Waals surface area contributed by atoms with Crippen LogP contribution in [0.25, 0.3) is 0 Å². The Kier molecular flexibility index (Phi) is 4.69. The topological polar surface area (TPSA) is 27.7 Å². The highest BCUT2D eigenvalue weighted by atomic mass is 16.7. The monoisotopic (exact) mass is 338 g/mol. The Morgan fingerprint density at radius 2 is 1.44 bits per heavy atom. The van der Waals surface area contributed by atoms with Crippen LogP contribution in [0.15, 0.2) is 42.5 Å². The zero-order chi connectivity index (χ0) is 18.2. The third-order valence-electron chi connectivity index (χ3n) is 5.52. The fourth-order valence-corrected chi connectivity index (χ4v) is 2.93. The van der Waals surface area contributed by atoms with Gasteiger partial charge in [0.25, 0.3) is 0 Å². The maximum atomic E-state index is 6.19. The van der Waals surface area contributed by atoms with Crippen LogP contribution in [0.1, 0.15) is 44.4 Å². The van der Waals surface area contributed by atoms with E-state index in [0.717, 1.165) is 27.9 Å². The van der Waals surface area contributed by atoms with Gasteiger partial charge < -0.3 is 14.0 Å². The van der Waals surface area contributed by atoms with Crippen LogP contribution in [0.2, 0.25) is 0 Å². The van der Waals surface area contributed by atoms with E-state index in [-0.39, 0.29) is 18.3 Å². The SMILES string of the molecule is Cc1c(OCc2ccccc2)ccc(B2OC(C)(C)C(C)(C)O2)c1C. The second kappa shape index (κ2) is 6.51. The molecule has 0 bridgehead atoms. The minimum Gasteiger partial charge on any atom is -0.489 e. The van der Waals surface area contributed by atoms with E-state index in [1.165, 1.54) is 0 Å². The van der Waals surface area contributed by atoms with Crippen molar-refractivity contribution in [2.24, 2.45) is 0 Å². The predicted molar refractivity (Wildman–Crippen MR) is 102 cm³/mol. The van der Waals surface area contributed by atoms with Crippen molar-refractivity contribution in [3.63, 3.8) is 0 Å². The predicted octanol–water partition coefficient (Wildman–Crippen LogP) is 4.18. The third kappa shape index (κ3) is 3.46. The van der Waals surface area contributed by atoms with Crippen LogP contribution in [0.5, 0.6) is 5.75 Å². The molecule has 25 heavy (non-hydrogen) atoms. The molecule has 3 nitrogen and oxygen atoms in total. The number of hydrogen-bond donors (Lipinski definition) is 0. The summed E-state index contributed by atoms with van der Waals surface area (Å²) in [5.74, 6) is 0.904. The quantitative estimate of drug-likeness (QED) is 0.783. The molecule has 0 aliphatic carbocycles. The summed E-state index contributed by atoms with van der Waals surface area (Å²) >= 11 is 0. The van der Waals surface area contributed by atoms with Crippen molar-refractivity contribution >= 4 is 12.6 Å². The van der Waals surface area contributed by atoms with Crippen molar-refractivity contribution in [1.29, 1.82) is 0 Å². The number of ether oxygens (including phenoxy) is 1. The van der Waals surface area contributed by atoms with Gasteiger partial charge in [-0.1, -0.05) is 36.4 Å². The molecule has 0 saturated carbocycles. The second-order valence-electron chi connectivity index (χ2n) is 7.77. The molecule has 0 amide bonds. The van der Waals surface area contributed by atoms with Gasteiger partial charge in [-0.3, -0.25) is 0 Å². The zero-order valence-corrected chi connectivity index (χ0v) is 16.1. The summed E-state index contributed by atoms with van der Waals surface area (Å²) < 4.78 is 18.4. The Labute approximate surface area is 151 Å². The first-order chi connectivity index (χ1) is 11.7. The molecule has 0 radical (unpaired) electrons. The number of rotatable bonds is 4. The maximum absolute atomic E-state index is 6.19. The molecule has 0 aromatic heterocycles. The summed E-state index contributed by atoms with van der Waals surface area (Å²) in [5, 5.41) is 0. The maximum Gasteiger partial charge on any atom is 0.495 e. The molecule has 0 N–H and O–H groups in total. The smallest absolute Gasteiger partial charge is 0.489 e. The zero-order valence-electron chi connectivity index (χ0n) is 16.1. The van der Waals surface area contributed by atoms with Gasteiger partial charge in [-0.2, -0.15) is 0 Å². The molecule has 0 atom stereocenters.